The van der Waals surface area contributed by atoms with Crippen LogP contribution in [0.1, 0.15) is 25.8 Å². The van der Waals surface area contributed by atoms with Gasteiger partial charge in [-0.2, -0.15) is 0 Å². The molecule has 0 aliphatic rings. The summed E-state index contributed by atoms with van der Waals surface area (Å²) < 4.78 is 16.2. The number of aliphatic hydroxyl groups is 1. The van der Waals surface area contributed by atoms with E-state index >= 15 is 0 Å². The molecule has 2 aromatic carbocycles. The Hall–Kier alpha value is -2.24. The summed E-state index contributed by atoms with van der Waals surface area (Å²) in [5, 5.41) is 10.5. The van der Waals surface area contributed by atoms with Crippen LogP contribution in [0.2, 0.25) is 0 Å². The Morgan fingerprint density at radius 2 is 1.63 bits per heavy atom. The topological polar surface area (TPSA) is 51.2 Å². The average Bonchev–Trinajstić information content (AvgIpc) is 2.71. The molecule has 1 N–H and O–H groups in total. The van der Waals surface area contributed by atoms with Gasteiger partial charge in [0.15, 0.2) is 0 Å². The summed E-state index contributed by atoms with van der Waals surface area (Å²) in [7, 11) is 3.30. The van der Waals surface area contributed by atoms with Crippen LogP contribution < -0.4 is 14.2 Å². The first-order valence-corrected chi connectivity index (χ1v) is 9.37. The maximum Gasteiger partial charge on any atom is 0.119 e. The van der Waals surface area contributed by atoms with Crippen molar-refractivity contribution < 1.29 is 19.3 Å². The second-order valence-corrected chi connectivity index (χ2v) is 6.68. The van der Waals surface area contributed by atoms with Crippen LogP contribution in [0.4, 0.5) is 0 Å². The van der Waals surface area contributed by atoms with Crippen molar-refractivity contribution >= 4 is 0 Å². The zero-order valence-corrected chi connectivity index (χ0v) is 16.7. The van der Waals surface area contributed by atoms with E-state index in [1.165, 1.54) is 0 Å². The lowest BCUT2D eigenvalue weighted by molar-refractivity contribution is 0.0506. The van der Waals surface area contributed by atoms with E-state index in [-0.39, 0.29) is 6.61 Å². The van der Waals surface area contributed by atoms with Crippen LogP contribution in [-0.2, 0) is 6.54 Å². The fraction of sp³-hybridized carbons (Fsp3) is 0.455. The van der Waals surface area contributed by atoms with Gasteiger partial charge >= 0.3 is 0 Å². The maximum absolute atomic E-state index is 10.5. The quantitative estimate of drug-likeness (QED) is 0.650. The number of hydrogen-bond donors (Lipinski definition) is 1. The molecule has 2 aromatic rings. The first-order valence-electron chi connectivity index (χ1n) is 9.37. The summed E-state index contributed by atoms with van der Waals surface area (Å²) in [6, 6.07) is 15.8. The van der Waals surface area contributed by atoms with Crippen LogP contribution in [0, 0.1) is 0 Å². The number of aliphatic hydroxyl groups excluding tert-OH is 1. The molecule has 0 bridgehead atoms. The third-order valence-electron chi connectivity index (χ3n) is 4.68. The van der Waals surface area contributed by atoms with Crippen molar-refractivity contribution in [1.29, 1.82) is 0 Å². The molecule has 5 nitrogen and oxygen atoms in total. The van der Waals surface area contributed by atoms with E-state index in [0.29, 0.717) is 12.6 Å². The largest absolute Gasteiger partial charge is 0.497 e. The van der Waals surface area contributed by atoms with E-state index in [1.54, 1.807) is 14.2 Å². The van der Waals surface area contributed by atoms with Crippen molar-refractivity contribution in [2.75, 3.05) is 27.4 Å². The number of methoxy groups -OCH3 is 2. The van der Waals surface area contributed by atoms with Gasteiger partial charge in [0.2, 0.25) is 0 Å². The number of rotatable bonds is 11. The highest BCUT2D eigenvalue weighted by Gasteiger charge is 2.18. The average molecular weight is 373 g/mol. The lowest BCUT2D eigenvalue weighted by Crippen LogP contribution is -2.40. The molecule has 0 saturated heterocycles. The Labute approximate surface area is 162 Å². The van der Waals surface area contributed by atoms with Gasteiger partial charge in [-0.25, -0.2) is 0 Å². The zero-order valence-electron chi connectivity index (χ0n) is 16.7. The van der Waals surface area contributed by atoms with Gasteiger partial charge in [0.25, 0.3) is 0 Å². The SMILES string of the molecule is CCC(C)N(Cc1cccc(OC)c1)CC(O)COc1ccc(OC)cc1. The molecule has 0 aliphatic carbocycles. The molecule has 0 aliphatic heterocycles. The van der Waals surface area contributed by atoms with Gasteiger partial charge < -0.3 is 19.3 Å². The molecule has 0 amide bonds. The molecule has 2 rings (SSSR count). The fourth-order valence-corrected chi connectivity index (χ4v) is 2.85. The fourth-order valence-electron chi connectivity index (χ4n) is 2.85. The minimum Gasteiger partial charge on any atom is -0.497 e. The third kappa shape index (κ3) is 6.77. The van der Waals surface area contributed by atoms with E-state index < -0.39 is 6.10 Å². The Morgan fingerprint density at radius 1 is 0.963 bits per heavy atom. The van der Waals surface area contributed by atoms with Crippen molar-refractivity contribution in [2.45, 2.75) is 39.0 Å². The molecule has 27 heavy (non-hydrogen) atoms. The molecule has 0 radical (unpaired) electrons. The molecule has 0 fully saturated rings. The van der Waals surface area contributed by atoms with E-state index in [4.69, 9.17) is 14.2 Å². The monoisotopic (exact) mass is 373 g/mol. The summed E-state index contributed by atoms with van der Waals surface area (Å²) in [5.41, 5.74) is 1.16. The predicted octanol–water partition coefficient (Wildman–Crippen LogP) is 3.74. The summed E-state index contributed by atoms with van der Waals surface area (Å²) >= 11 is 0. The van der Waals surface area contributed by atoms with Gasteiger partial charge in [0.1, 0.15) is 30.0 Å². The molecule has 0 spiro atoms. The second-order valence-electron chi connectivity index (χ2n) is 6.68. The molecule has 148 valence electrons. The molecular formula is C22H31NO4. The minimum absolute atomic E-state index is 0.247. The van der Waals surface area contributed by atoms with Gasteiger partial charge in [-0.3, -0.25) is 4.90 Å². The summed E-state index contributed by atoms with van der Waals surface area (Å²) in [6.07, 6.45) is 0.433. The van der Waals surface area contributed by atoms with Gasteiger partial charge in [-0.15, -0.1) is 0 Å². The number of ether oxygens (including phenoxy) is 3. The van der Waals surface area contributed by atoms with Gasteiger partial charge in [0.05, 0.1) is 14.2 Å². The summed E-state index contributed by atoms with van der Waals surface area (Å²) in [5.74, 6) is 2.35. The van der Waals surface area contributed by atoms with Gasteiger partial charge in [-0.1, -0.05) is 19.1 Å². The Morgan fingerprint density at radius 3 is 2.26 bits per heavy atom. The predicted molar refractivity (Wildman–Crippen MR) is 108 cm³/mol. The lowest BCUT2D eigenvalue weighted by atomic mass is 10.1. The highest BCUT2D eigenvalue weighted by Crippen LogP contribution is 2.19. The van der Waals surface area contributed by atoms with Crippen molar-refractivity contribution in [3.8, 4) is 17.2 Å². The van der Waals surface area contributed by atoms with Crippen LogP contribution in [0.25, 0.3) is 0 Å². The normalized spacial score (nSPS) is 13.3. The van der Waals surface area contributed by atoms with E-state index in [2.05, 4.69) is 24.8 Å². The van der Waals surface area contributed by atoms with E-state index in [1.807, 2.05) is 42.5 Å². The standard InChI is InChI=1S/C22H31NO4/c1-5-17(2)23(14-18-7-6-8-22(13-18)26-4)15-19(24)16-27-21-11-9-20(25-3)10-12-21/h6-13,17,19,24H,5,14-16H2,1-4H3. The molecule has 0 heterocycles. The minimum atomic E-state index is -0.577. The molecule has 2 atom stereocenters. The van der Waals surface area contributed by atoms with Crippen LogP contribution >= 0.6 is 0 Å². The van der Waals surface area contributed by atoms with Crippen molar-refractivity contribution in [1.82, 2.24) is 4.90 Å². The smallest absolute Gasteiger partial charge is 0.119 e. The molecule has 0 saturated carbocycles. The highest BCUT2D eigenvalue weighted by molar-refractivity contribution is 5.31. The maximum atomic E-state index is 10.5. The van der Waals surface area contributed by atoms with Gasteiger partial charge in [0, 0.05) is 19.1 Å². The number of hydrogen-bond acceptors (Lipinski definition) is 5. The number of nitrogens with zero attached hydrogens (tertiary/aromatic N) is 1. The molecule has 5 heteroatoms. The lowest BCUT2D eigenvalue weighted by Gasteiger charge is -2.30. The van der Waals surface area contributed by atoms with Crippen LogP contribution in [0.3, 0.4) is 0 Å². The third-order valence-corrected chi connectivity index (χ3v) is 4.68. The first-order chi connectivity index (χ1) is 13.0. The Bertz CT molecular complexity index is 674. The first kappa shape index (κ1) is 21.1. The second kappa shape index (κ2) is 10.8. The van der Waals surface area contributed by atoms with Crippen molar-refractivity contribution in [3.05, 3.63) is 54.1 Å². The van der Waals surface area contributed by atoms with Crippen molar-refractivity contribution in [2.24, 2.45) is 0 Å². The van der Waals surface area contributed by atoms with E-state index in [9.17, 15) is 5.11 Å². The molecule has 2 unspecified atom stereocenters. The van der Waals surface area contributed by atoms with Crippen molar-refractivity contribution in [3.63, 3.8) is 0 Å². The Kier molecular flexibility index (Phi) is 8.43. The summed E-state index contributed by atoms with van der Waals surface area (Å²) in [6.45, 7) is 5.88. The molecular weight excluding hydrogens is 342 g/mol. The van der Waals surface area contributed by atoms with E-state index in [0.717, 1.165) is 35.8 Å². The van der Waals surface area contributed by atoms with Crippen LogP contribution in [0.5, 0.6) is 17.2 Å². The molecule has 0 aromatic heterocycles. The van der Waals surface area contributed by atoms with Gasteiger partial charge in [-0.05, 0) is 55.3 Å². The zero-order chi connectivity index (χ0) is 19.6. The highest BCUT2D eigenvalue weighted by atomic mass is 16.5. The number of benzene rings is 2. The van der Waals surface area contributed by atoms with Crippen LogP contribution in [-0.4, -0.2) is 49.5 Å². The van der Waals surface area contributed by atoms with Crippen LogP contribution in [0.15, 0.2) is 48.5 Å². The summed E-state index contributed by atoms with van der Waals surface area (Å²) in [4.78, 5) is 2.27. The Balaban J connectivity index is 1.93.